The predicted octanol–water partition coefficient (Wildman–Crippen LogP) is 1.60. The maximum Gasteiger partial charge on any atom is 0.267 e. The fourth-order valence-corrected chi connectivity index (χ4v) is 2.77. The molecule has 1 heterocycles. The summed E-state index contributed by atoms with van der Waals surface area (Å²) in [6.07, 6.45) is 0.810. The molecule has 0 fully saturated rings. The van der Waals surface area contributed by atoms with Crippen LogP contribution >= 0.6 is 0 Å². The van der Waals surface area contributed by atoms with Gasteiger partial charge in [-0.2, -0.15) is 5.10 Å². The van der Waals surface area contributed by atoms with E-state index in [0.29, 0.717) is 18.7 Å². The molecular weight excluding hydrogens is 335 g/mol. The zero-order valence-corrected chi connectivity index (χ0v) is 14.1. The topological polar surface area (TPSA) is 87.8 Å². The smallest absolute Gasteiger partial charge is 0.267 e. The van der Waals surface area contributed by atoms with E-state index in [-0.39, 0.29) is 18.0 Å². The van der Waals surface area contributed by atoms with Crippen molar-refractivity contribution in [3.63, 3.8) is 0 Å². The molecule has 0 saturated heterocycles. The summed E-state index contributed by atoms with van der Waals surface area (Å²) in [5, 5.41) is 8.40. The van der Waals surface area contributed by atoms with Crippen LogP contribution < -0.4 is 16.1 Å². The molecular formula is C19H19FN4O2. The molecule has 3 N–H and O–H groups in total. The summed E-state index contributed by atoms with van der Waals surface area (Å²) in [5.74, 6) is -1.33. The van der Waals surface area contributed by atoms with Gasteiger partial charge in [0, 0.05) is 13.0 Å². The first kappa shape index (κ1) is 17.6. The number of hydrogen-bond donors (Lipinski definition) is 2. The lowest BCUT2D eigenvalue weighted by Gasteiger charge is -2.20. The molecule has 3 rings (SSSR count). The molecule has 134 valence electrons. The number of primary amides is 1. The van der Waals surface area contributed by atoms with Gasteiger partial charge in [0.05, 0.1) is 5.69 Å². The minimum absolute atomic E-state index is 0.115. The molecule has 0 spiro atoms. The number of nitrogens with two attached hydrogens (primary N) is 1. The van der Waals surface area contributed by atoms with E-state index in [4.69, 9.17) is 5.73 Å². The number of nitrogens with zero attached hydrogens (tertiary/aromatic N) is 2. The van der Waals surface area contributed by atoms with Crippen LogP contribution in [0.2, 0.25) is 0 Å². The van der Waals surface area contributed by atoms with Gasteiger partial charge in [-0.3, -0.25) is 14.6 Å². The van der Waals surface area contributed by atoms with Gasteiger partial charge in [-0.1, -0.05) is 30.3 Å². The molecule has 0 radical (unpaired) electrons. The van der Waals surface area contributed by atoms with Crippen molar-refractivity contribution >= 4 is 23.2 Å². The van der Waals surface area contributed by atoms with E-state index in [2.05, 4.69) is 10.4 Å². The molecule has 2 aromatic rings. The minimum Gasteiger partial charge on any atom is -0.368 e. The van der Waals surface area contributed by atoms with Crippen LogP contribution in [0, 0.1) is 5.82 Å². The molecule has 7 heteroatoms. The van der Waals surface area contributed by atoms with Gasteiger partial charge < -0.3 is 11.1 Å². The Labute approximate surface area is 150 Å². The van der Waals surface area contributed by atoms with Crippen molar-refractivity contribution in [1.29, 1.82) is 0 Å². The predicted molar refractivity (Wildman–Crippen MR) is 97.1 cm³/mol. The number of anilines is 1. The van der Waals surface area contributed by atoms with E-state index >= 15 is 0 Å². The number of carbonyl (C=O) groups is 2. The number of hydrazone groups is 1. The van der Waals surface area contributed by atoms with Crippen molar-refractivity contribution in [3.8, 4) is 0 Å². The van der Waals surface area contributed by atoms with Gasteiger partial charge in [0.1, 0.15) is 17.6 Å². The number of nitrogens with one attached hydrogen (secondary N) is 1. The quantitative estimate of drug-likeness (QED) is 0.826. The number of amides is 2. The zero-order valence-electron chi connectivity index (χ0n) is 14.1. The van der Waals surface area contributed by atoms with Crippen molar-refractivity contribution in [2.24, 2.45) is 10.8 Å². The molecule has 1 unspecified atom stereocenters. The third-order valence-electron chi connectivity index (χ3n) is 4.13. The number of hydrogen-bond acceptors (Lipinski definition) is 4. The number of halogens is 1. The number of rotatable bonds is 6. The molecule has 2 amide bonds. The molecule has 0 saturated carbocycles. The largest absolute Gasteiger partial charge is 0.368 e. The maximum atomic E-state index is 13.1. The maximum absolute atomic E-state index is 13.1. The Hall–Kier alpha value is -3.22. The zero-order chi connectivity index (χ0) is 18.5. The van der Waals surface area contributed by atoms with Crippen LogP contribution in [0.1, 0.15) is 12.0 Å². The Bertz CT molecular complexity index is 821. The third-order valence-corrected chi connectivity index (χ3v) is 4.13. The molecule has 0 aliphatic carbocycles. The molecule has 26 heavy (non-hydrogen) atoms. The summed E-state index contributed by atoms with van der Waals surface area (Å²) in [5.41, 5.74) is 7.28. The van der Waals surface area contributed by atoms with E-state index in [9.17, 15) is 14.0 Å². The van der Waals surface area contributed by atoms with Crippen molar-refractivity contribution in [3.05, 3.63) is 66.0 Å². The lowest BCUT2D eigenvalue weighted by atomic mass is 10.1. The Morgan fingerprint density at radius 1 is 1.15 bits per heavy atom. The van der Waals surface area contributed by atoms with E-state index in [0.717, 1.165) is 5.56 Å². The van der Waals surface area contributed by atoms with Crippen LogP contribution in [0.25, 0.3) is 0 Å². The summed E-state index contributed by atoms with van der Waals surface area (Å²) < 4.78 is 13.1. The molecule has 0 bridgehead atoms. The first-order valence-corrected chi connectivity index (χ1v) is 8.28. The van der Waals surface area contributed by atoms with E-state index < -0.39 is 17.8 Å². The molecule has 0 aromatic heterocycles. The molecule has 6 nitrogen and oxygen atoms in total. The monoisotopic (exact) mass is 354 g/mol. The lowest BCUT2D eigenvalue weighted by molar-refractivity contribution is -0.119. The van der Waals surface area contributed by atoms with Crippen LogP contribution in [0.3, 0.4) is 0 Å². The van der Waals surface area contributed by atoms with Crippen molar-refractivity contribution in [1.82, 2.24) is 5.32 Å². The summed E-state index contributed by atoms with van der Waals surface area (Å²) in [4.78, 5) is 24.1. The Morgan fingerprint density at radius 2 is 1.85 bits per heavy atom. The summed E-state index contributed by atoms with van der Waals surface area (Å²) >= 11 is 0. The van der Waals surface area contributed by atoms with Crippen LogP contribution in [0.5, 0.6) is 0 Å². The Morgan fingerprint density at radius 3 is 2.50 bits per heavy atom. The highest BCUT2D eigenvalue weighted by atomic mass is 19.1. The van der Waals surface area contributed by atoms with Gasteiger partial charge in [0.25, 0.3) is 5.91 Å². The molecule has 2 aromatic carbocycles. The summed E-state index contributed by atoms with van der Waals surface area (Å²) in [6, 6.07) is 14.5. The first-order valence-electron chi connectivity index (χ1n) is 8.28. The van der Waals surface area contributed by atoms with E-state index in [1.54, 1.807) is 0 Å². The van der Waals surface area contributed by atoms with Crippen LogP contribution in [0.15, 0.2) is 59.7 Å². The molecule has 1 aliphatic heterocycles. The van der Waals surface area contributed by atoms with Gasteiger partial charge in [-0.25, -0.2) is 4.39 Å². The summed E-state index contributed by atoms with van der Waals surface area (Å²) in [6.45, 7) is 0.458. The lowest BCUT2D eigenvalue weighted by Crippen LogP contribution is -2.40. The highest BCUT2D eigenvalue weighted by molar-refractivity contribution is 6.40. The normalized spacial score (nSPS) is 16.3. The van der Waals surface area contributed by atoms with Gasteiger partial charge in [-0.05, 0) is 36.2 Å². The highest BCUT2D eigenvalue weighted by Crippen LogP contribution is 2.24. The SMILES string of the molecule is NC(=O)C1CC(C(=O)NCCc2ccccc2)=NN1c1ccc(F)cc1. The van der Waals surface area contributed by atoms with Crippen LogP contribution in [-0.2, 0) is 16.0 Å². The molecule has 1 aliphatic rings. The van der Waals surface area contributed by atoms with E-state index in [1.165, 1.54) is 29.3 Å². The second kappa shape index (κ2) is 7.77. The van der Waals surface area contributed by atoms with Gasteiger partial charge in [0.15, 0.2) is 0 Å². The van der Waals surface area contributed by atoms with Crippen molar-refractivity contribution in [2.45, 2.75) is 18.9 Å². The highest BCUT2D eigenvalue weighted by Gasteiger charge is 2.34. The van der Waals surface area contributed by atoms with Gasteiger partial charge in [-0.15, -0.1) is 0 Å². The Balaban J connectivity index is 1.66. The minimum atomic E-state index is -0.768. The fraction of sp³-hybridized carbons (Fsp3) is 0.211. The van der Waals surface area contributed by atoms with Gasteiger partial charge >= 0.3 is 0 Å². The van der Waals surface area contributed by atoms with Crippen molar-refractivity contribution < 1.29 is 14.0 Å². The fourth-order valence-electron chi connectivity index (χ4n) is 2.77. The third kappa shape index (κ3) is 4.05. The second-order valence-electron chi connectivity index (χ2n) is 5.98. The standard InChI is InChI=1S/C19H19FN4O2/c20-14-6-8-15(9-7-14)24-17(18(21)25)12-16(23-24)19(26)22-11-10-13-4-2-1-3-5-13/h1-9,17H,10-12H2,(H2,21,25)(H,22,26). The van der Waals surface area contributed by atoms with Crippen LogP contribution in [0.4, 0.5) is 10.1 Å². The van der Waals surface area contributed by atoms with Gasteiger partial charge in [0.2, 0.25) is 5.91 Å². The average Bonchev–Trinajstić information content (AvgIpc) is 3.09. The first-order chi connectivity index (χ1) is 12.5. The number of benzene rings is 2. The van der Waals surface area contributed by atoms with E-state index in [1.807, 2.05) is 30.3 Å². The van der Waals surface area contributed by atoms with Crippen molar-refractivity contribution in [2.75, 3.05) is 11.6 Å². The average molecular weight is 354 g/mol. The molecule has 1 atom stereocenters. The number of carbonyl (C=O) groups excluding carboxylic acids is 2. The van der Waals surface area contributed by atoms with Crippen LogP contribution in [-0.4, -0.2) is 30.1 Å². The second-order valence-corrected chi connectivity index (χ2v) is 5.98. The Kier molecular flexibility index (Phi) is 5.26. The summed E-state index contributed by atoms with van der Waals surface area (Å²) in [7, 11) is 0.